The summed E-state index contributed by atoms with van der Waals surface area (Å²) in [6, 6.07) is 7.46. The Labute approximate surface area is 201 Å². The molecule has 0 saturated heterocycles. The molecule has 2 aliphatic rings. The van der Waals surface area contributed by atoms with Crippen molar-refractivity contribution in [3.8, 4) is 5.75 Å². The zero-order chi connectivity index (χ0) is 24.8. The van der Waals surface area contributed by atoms with E-state index in [0.29, 0.717) is 47.6 Å². The van der Waals surface area contributed by atoms with Gasteiger partial charge < -0.3 is 19.5 Å². The van der Waals surface area contributed by atoms with E-state index in [1.54, 1.807) is 0 Å². The number of carbonyl (C=O) groups is 3. The zero-order valence-electron chi connectivity index (χ0n) is 20.7. The Morgan fingerprint density at radius 3 is 2.53 bits per heavy atom. The van der Waals surface area contributed by atoms with E-state index in [4.69, 9.17) is 14.2 Å². The van der Waals surface area contributed by atoms with Crippen molar-refractivity contribution < 1.29 is 28.6 Å². The van der Waals surface area contributed by atoms with Gasteiger partial charge in [0.25, 0.3) is 0 Å². The van der Waals surface area contributed by atoms with Crippen LogP contribution in [0.4, 0.5) is 0 Å². The minimum atomic E-state index is -0.924. The lowest BCUT2D eigenvalue weighted by atomic mass is 9.69. The average molecular weight is 470 g/mol. The van der Waals surface area contributed by atoms with E-state index in [-0.39, 0.29) is 18.3 Å². The molecule has 7 heteroatoms. The van der Waals surface area contributed by atoms with Crippen LogP contribution in [0.3, 0.4) is 0 Å². The van der Waals surface area contributed by atoms with Crippen molar-refractivity contribution >= 4 is 17.7 Å². The van der Waals surface area contributed by atoms with Gasteiger partial charge >= 0.3 is 11.9 Å². The van der Waals surface area contributed by atoms with Gasteiger partial charge in [-0.1, -0.05) is 45.4 Å². The molecule has 0 radical (unpaired) electrons. The number of rotatable bonds is 9. The van der Waals surface area contributed by atoms with Crippen LogP contribution >= 0.6 is 0 Å². The van der Waals surface area contributed by atoms with Crippen LogP contribution in [0.15, 0.2) is 46.8 Å². The van der Waals surface area contributed by atoms with Gasteiger partial charge in [0.05, 0.1) is 31.8 Å². The predicted octanol–water partition coefficient (Wildman–Crippen LogP) is 4.43. The van der Waals surface area contributed by atoms with Crippen LogP contribution in [0.1, 0.15) is 64.9 Å². The van der Waals surface area contributed by atoms with Gasteiger partial charge in [0, 0.05) is 22.5 Å². The number of allylic oxidation sites excluding steroid dienone is 3. The maximum absolute atomic E-state index is 13.8. The molecule has 1 N–H and O–H groups in total. The highest BCUT2D eigenvalue weighted by Gasteiger charge is 2.47. The molecule has 1 aliphatic heterocycles. The number of Topliss-reactive ketones (excluding diaryl/α,β-unsaturated/α-hetero) is 1. The quantitative estimate of drug-likeness (QED) is 0.325. The van der Waals surface area contributed by atoms with Gasteiger partial charge in [-0.3, -0.25) is 9.59 Å². The Kier molecular flexibility index (Phi) is 8.53. The highest BCUT2D eigenvalue weighted by atomic mass is 16.5. The first-order chi connectivity index (χ1) is 16.3. The van der Waals surface area contributed by atoms with Crippen molar-refractivity contribution in [2.75, 3.05) is 20.3 Å². The van der Waals surface area contributed by atoms with Crippen LogP contribution in [-0.4, -0.2) is 38.0 Å². The summed E-state index contributed by atoms with van der Waals surface area (Å²) in [7, 11) is 1.29. The molecular weight excluding hydrogens is 434 g/mol. The lowest BCUT2D eigenvalue weighted by Gasteiger charge is -2.38. The molecule has 184 valence electrons. The second kappa shape index (κ2) is 11.4. The van der Waals surface area contributed by atoms with E-state index in [0.717, 1.165) is 18.5 Å². The molecule has 0 saturated carbocycles. The lowest BCUT2D eigenvalue weighted by molar-refractivity contribution is -0.151. The Morgan fingerprint density at radius 2 is 1.85 bits per heavy atom. The van der Waals surface area contributed by atoms with Gasteiger partial charge in [-0.2, -0.15) is 0 Å². The summed E-state index contributed by atoms with van der Waals surface area (Å²) in [4.78, 5) is 39.6. The van der Waals surface area contributed by atoms with Crippen molar-refractivity contribution in [1.82, 2.24) is 5.32 Å². The van der Waals surface area contributed by atoms with E-state index in [9.17, 15) is 14.4 Å². The number of benzene rings is 1. The number of hydrogen-bond acceptors (Lipinski definition) is 7. The maximum atomic E-state index is 13.8. The molecular formula is C27H35NO6. The van der Waals surface area contributed by atoms with Crippen LogP contribution in [0.2, 0.25) is 0 Å². The number of para-hydroxylation sites is 1. The van der Waals surface area contributed by atoms with Gasteiger partial charge in [0.2, 0.25) is 0 Å². The topological polar surface area (TPSA) is 90.9 Å². The fraction of sp³-hybridized carbons (Fsp3) is 0.519. The molecule has 1 aromatic rings. The average Bonchev–Trinajstić information content (AvgIpc) is 2.82. The first kappa shape index (κ1) is 25.5. The molecule has 0 bridgehead atoms. The molecule has 0 unspecified atom stereocenters. The molecule has 1 heterocycles. The number of unbranched alkanes of at least 4 members (excludes halogenated alkanes) is 1. The van der Waals surface area contributed by atoms with E-state index >= 15 is 0 Å². The number of esters is 2. The minimum absolute atomic E-state index is 0.232. The molecule has 7 nitrogen and oxygen atoms in total. The van der Waals surface area contributed by atoms with Gasteiger partial charge in [0.1, 0.15) is 11.7 Å². The molecule has 3 atom stereocenters. The lowest BCUT2D eigenvalue weighted by Crippen LogP contribution is -2.43. The van der Waals surface area contributed by atoms with Gasteiger partial charge in [0.15, 0.2) is 5.78 Å². The third-order valence-electron chi connectivity index (χ3n) is 6.39. The summed E-state index contributed by atoms with van der Waals surface area (Å²) in [5.74, 6) is -2.61. The summed E-state index contributed by atoms with van der Waals surface area (Å²) in [6.07, 6.45) is 3.04. The van der Waals surface area contributed by atoms with Crippen molar-refractivity contribution in [2.45, 2.75) is 59.3 Å². The third-order valence-corrected chi connectivity index (χ3v) is 6.39. The molecule has 3 rings (SSSR count). The highest BCUT2D eigenvalue weighted by Crippen LogP contribution is 2.47. The molecule has 34 heavy (non-hydrogen) atoms. The highest BCUT2D eigenvalue weighted by molar-refractivity contribution is 6.12. The van der Waals surface area contributed by atoms with E-state index in [1.807, 2.05) is 45.0 Å². The van der Waals surface area contributed by atoms with Crippen molar-refractivity contribution in [3.05, 3.63) is 52.4 Å². The number of carbonyl (C=O) groups excluding carboxylic acids is 3. The number of hydrogen-bond donors (Lipinski definition) is 1. The first-order valence-electron chi connectivity index (χ1n) is 12.1. The van der Waals surface area contributed by atoms with Gasteiger partial charge in [-0.25, -0.2) is 4.79 Å². The number of methoxy groups -OCH3 is 1. The number of nitrogens with one attached hydrogen (secondary N) is 1. The molecule has 1 aromatic carbocycles. The fourth-order valence-electron chi connectivity index (χ4n) is 4.71. The third kappa shape index (κ3) is 5.03. The summed E-state index contributed by atoms with van der Waals surface area (Å²) in [6.45, 7) is 8.50. The monoisotopic (exact) mass is 469 g/mol. The second-order valence-electron chi connectivity index (χ2n) is 8.91. The summed E-state index contributed by atoms with van der Waals surface area (Å²) >= 11 is 0. The van der Waals surface area contributed by atoms with Crippen molar-refractivity contribution in [2.24, 2.45) is 11.8 Å². The number of ether oxygens (including phenoxy) is 3. The van der Waals surface area contributed by atoms with E-state index < -0.39 is 23.8 Å². The standard InChI is InChI=1S/C27H35NO6/c1-6-8-14-33-20-12-10-9-11-18(20)23-22(27(31)34-13-7-2)17(4)28-19-15-16(3)21(26(30)32-5)25(29)24(19)23/h9-12,16,21,23,28H,6-8,13-15H2,1-5H3/t16-,21+,23+/m1/s1. The first-order valence-corrected chi connectivity index (χ1v) is 12.1. The summed E-state index contributed by atoms with van der Waals surface area (Å²) in [5.41, 5.74) is 2.86. The summed E-state index contributed by atoms with van der Waals surface area (Å²) < 4.78 is 16.6. The number of dihydropyridines is 1. The van der Waals surface area contributed by atoms with Crippen LogP contribution in [0, 0.1) is 11.8 Å². The Hall–Kier alpha value is -3.09. The van der Waals surface area contributed by atoms with Crippen molar-refractivity contribution in [3.63, 3.8) is 0 Å². The molecule has 0 amide bonds. The molecule has 0 fully saturated rings. The van der Waals surface area contributed by atoms with Crippen LogP contribution in [-0.2, 0) is 23.9 Å². The number of ketones is 1. The predicted molar refractivity (Wildman–Crippen MR) is 128 cm³/mol. The van der Waals surface area contributed by atoms with E-state index in [2.05, 4.69) is 12.2 Å². The Bertz CT molecular complexity index is 1010. The van der Waals surface area contributed by atoms with E-state index in [1.165, 1.54) is 7.11 Å². The second-order valence-corrected chi connectivity index (χ2v) is 8.91. The normalized spacial score (nSPS) is 22.1. The fourth-order valence-corrected chi connectivity index (χ4v) is 4.71. The van der Waals surface area contributed by atoms with Crippen LogP contribution < -0.4 is 10.1 Å². The van der Waals surface area contributed by atoms with Crippen LogP contribution in [0.5, 0.6) is 5.75 Å². The largest absolute Gasteiger partial charge is 0.493 e. The molecule has 1 aliphatic carbocycles. The summed E-state index contributed by atoms with van der Waals surface area (Å²) in [5, 5.41) is 3.28. The Morgan fingerprint density at radius 1 is 1.12 bits per heavy atom. The van der Waals surface area contributed by atoms with Gasteiger partial charge in [-0.05, 0) is 38.2 Å². The SMILES string of the molecule is CCCCOc1ccccc1[C@H]1C(C(=O)OCCC)=C(C)NC2=C1C(=O)[C@@H](C(=O)OC)[C@H](C)C2. The Balaban J connectivity index is 2.17. The van der Waals surface area contributed by atoms with Gasteiger partial charge in [-0.15, -0.1) is 0 Å². The van der Waals surface area contributed by atoms with Crippen LogP contribution in [0.25, 0.3) is 0 Å². The molecule has 0 spiro atoms. The maximum Gasteiger partial charge on any atom is 0.336 e. The smallest absolute Gasteiger partial charge is 0.336 e. The molecule has 0 aromatic heterocycles. The van der Waals surface area contributed by atoms with Crippen molar-refractivity contribution in [1.29, 1.82) is 0 Å². The minimum Gasteiger partial charge on any atom is -0.493 e. The zero-order valence-corrected chi connectivity index (χ0v) is 20.7.